The van der Waals surface area contributed by atoms with Crippen LogP contribution in [0.15, 0.2) is 210 Å². The standard InChI is InChI=1S/C61H45N5/c1-2-17-38(18-3-1)59-62-60(64-61(63-59)50-35-43-23-8-9-24-44(43)45-25-10-11-26-46(45)50)48-28-13-15-30-53(48)66-55-32-16-31-54(58(55)51-34-40-20-5-7-22-42(40)37-57(51)66)65-52-29-14-12-27-47(52)49-33-39-19-4-6-21-41(39)36-56(49)65/h1-15,17-27,29-31,33-35,37,41,48,60H,16,28,32,36H2,(H,62,63,64). The maximum absolute atomic E-state index is 5.68. The number of aromatic nitrogens is 2. The zero-order chi connectivity index (χ0) is 43.3. The molecule has 5 aliphatic rings. The number of nitrogens with one attached hydrogen (secondary N) is 1. The summed E-state index contributed by atoms with van der Waals surface area (Å²) in [6.45, 7) is 0. The minimum absolute atomic E-state index is 0.0343. The molecular weight excluding hydrogens is 803 g/mol. The molecule has 4 aliphatic carbocycles. The minimum Gasteiger partial charge on any atom is -0.324 e. The van der Waals surface area contributed by atoms with Crippen LogP contribution in [0.4, 0.5) is 0 Å². The van der Waals surface area contributed by atoms with Gasteiger partial charge in [0.25, 0.3) is 0 Å². The van der Waals surface area contributed by atoms with Crippen molar-refractivity contribution in [3.05, 3.63) is 233 Å². The van der Waals surface area contributed by atoms with Gasteiger partial charge in [0.2, 0.25) is 0 Å². The van der Waals surface area contributed by atoms with Crippen molar-refractivity contribution < 1.29 is 0 Å². The number of hydrogen-bond acceptors (Lipinski definition) is 3. The third kappa shape index (κ3) is 5.72. The molecule has 5 nitrogen and oxygen atoms in total. The lowest BCUT2D eigenvalue weighted by molar-refractivity contribution is 0.514. The highest BCUT2D eigenvalue weighted by molar-refractivity contribution is 6.23. The smallest absolute Gasteiger partial charge is 0.152 e. The number of benzene rings is 7. The average molecular weight is 848 g/mol. The predicted octanol–water partition coefficient (Wildman–Crippen LogP) is 13.8. The first-order valence-electron chi connectivity index (χ1n) is 23.5. The largest absolute Gasteiger partial charge is 0.324 e. The van der Waals surface area contributed by atoms with E-state index in [1.54, 1.807) is 0 Å². The fraction of sp³-hybridized carbons (Fsp3) is 0.115. The van der Waals surface area contributed by atoms with Gasteiger partial charge in [-0.15, -0.1) is 0 Å². The summed E-state index contributed by atoms with van der Waals surface area (Å²) < 4.78 is 5.25. The van der Waals surface area contributed by atoms with Crippen LogP contribution in [0, 0.1) is 11.8 Å². The molecule has 0 fully saturated rings. The molecule has 0 bridgehead atoms. The first-order chi connectivity index (χ1) is 32.7. The lowest BCUT2D eigenvalue weighted by Crippen LogP contribution is -2.40. The Morgan fingerprint density at radius 2 is 1.33 bits per heavy atom. The molecule has 2 aromatic heterocycles. The Kier molecular flexibility index (Phi) is 8.36. The number of nitrogens with zero attached hydrogens (tertiary/aromatic N) is 4. The van der Waals surface area contributed by atoms with Gasteiger partial charge in [0.05, 0.1) is 16.7 Å². The van der Waals surface area contributed by atoms with E-state index in [2.05, 4.69) is 215 Å². The second-order valence-electron chi connectivity index (χ2n) is 18.3. The molecule has 3 atom stereocenters. The van der Waals surface area contributed by atoms with E-state index in [1.165, 1.54) is 93.6 Å². The number of aliphatic imine (C=N–C) groups is 2. The highest BCUT2D eigenvalue weighted by Crippen LogP contribution is 2.47. The predicted molar refractivity (Wildman–Crippen MR) is 276 cm³/mol. The fourth-order valence-corrected chi connectivity index (χ4v) is 11.7. The van der Waals surface area contributed by atoms with E-state index in [0.717, 1.165) is 48.5 Å². The van der Waals surface area contributed by atoms with Gasteiger partial charge in [-0.2, -0.15) is 0 Å². The molecular formula is C61H45N5. The molecule has 314 valence electrons. The molecule has 5 heteroatoms. The van der Waals surface area contributed by atoms with Crippen LogP contribution in [0.2, 0.25) is 0 Å². The molecule has 66 heavy (non-hydrogen) atoms. The number of rotatable bonds is 5. The van der Waals surface area contributed by atoms with Gasteiger partial charge < -0.3 is 14.5 Å². The van der Waals surface area contributed by atoms with Crippen molar-refractivity contribution in [1.82, 2.24) is 14.5 Å². The van der Waals surface area contributed by atoms with Crippen LogP contribution in [-0.2, 0) is 12.8 Å². The summed E-state index contributed by atoms with van der Waals surface area (Å²) in [6, 6.07) is 53.1. The number of allylic oxidation sites excluding steroid dienone is 9. The molecule has 3 heterocycles. The van der Waals surface area contributed by atoms with Crippen LogP contribution in [0.25, 0.3) is 71.6 Å². The normalized spacial score (nSPS) is 19.8. The Morgan fingerprint density at radius 3 is 2.21 bits per heavy atom. The number of amidine groups is 2. The van der Waals surface area contributed by atoms with Crippen molar-refractivity contribution in [3.63, 3.8) is 0 Å². The summed E-state index contributed by atoms with van der Waals surface area (Å²) in [7, 11) is 0. The molecule has 9 aromatic rings. The number of para-hydroxylation sites is 1. The van der Waals surface area contributed by atoms with Gasteiger partial charge in [-0.05, 0) is 100.0 Å². The zero-order valence-corrected chi connectivity index (χ0v) is 36.4. The van der Waals surface area contributed by atoms with E-state index in [9.17, 15) is 0 Å². The van der Waals surface area contributed by atoms with Crippen molar-refractivity contribution in [2.24, 2.45) is 21.8 Å². The SMILES string of the molecule is C1=CCC(C2N=C(c3ccccc3)NC(c3cc4ccccc4c4ccccc34)=N2)C(n2c3c(c4cc5ccccc5cc42)C(n2c4c(c5ccccc52)C=C2C=CC=CC2C4)=CCC3)=C1. The zero-order valence-electron chi connectivity index (χ0n) is 36.4. The van der Waals surface area contributed by atoms with Gasteiger partial charge in [-0.1, -0.05) is 164 Å². The van der Waals surface area contributed by atoms with Crippen molar-refractivity contribution in [3.8, 4) is 0 Å². The van der Waals surface area contributed by atoms with Crippen LogP contribution in [-0.4, -0.2) is 27.0 Å². The number of fused-ring (bicyclic) bond motifs is 11. The number of hydrogen-bond donors (Lipinski definition) is 1. The highest BCUT2D eigenvalue weighted by atomic mass is 15.2. The summed E-state index contributed by atoms with van der Waals surface area (Å²) in [6.07, 6.45) is 24.2. The Hall–Kier alpha value is -8.02. The summed E-state index contributed by atoms with van der Waals surface area (Å²) in [5.74, 6) is 2.03. The van der Waals surface area contributed by atoms with E-state index >= 15 is 0 Å². The van der Waals surface area contributed by atoms with Crippen molar-refractivity contribution in [2.45, 2.75) is 31.8 Å². The van der Waals surface area contributed by atoms with E-state index in [0.29, 0.717) is 5.92 Å². The summed E-state index contributed by atoms with van der Waals surface area (Å²) >= 11 is 0. The van der Waals surface area contributed by atoms with Crippen LogP contribution >= 0.6 is 0 Å². The minimum atomic E-state index is -0.385. The molecule has 1 N–H and O–H groups in total. The van der Waals surface area contributed by atoms with E-state index in [4.69, 9.17) is 9.98 Å². The van der Waals surface area contributed by atoms with Gasteiger partial charge in [0.15, 0.2) is 6.17 Å². The molecule has 1 aliphatic heterocycles. The summed E-state index contributed by atoms with van der Waals surface area (Å²) in [5.41, 5.74) is 14.0. The molecule has 3 unspecified atom stereocenters. The molecule has 0 amide bonds. The summed E-state index contributed by atoms with van der Waals surface area (Å²) in [4.78, 5) is 11.2. The maximum atomic E-state index is 5.68. The van der Waals surface area contributed by atoms with E-state index < -0.39 is 0 Å². The topological polar surface area (TPSA) is 46.6 Å². The third-order valence-electron chi connectivity index (χ3n) is 14.7. The molecule has 14 rings (SSSR count). The van der Waals surface area contributed by atoms with Gasteiger partial charge >= 0.3 is 0 Å². The Bertz CT molecular complexity index is 3800. The van der Waals surface area contributed by atoms with Gasteiger partial charge in [0.1, 0.15) is 11.7 Å². The fourth-order valence-electron chi connectivity index (χ4n) is 11.7. The Labute approximate surface area is 383 Å². The summed E-state index contributed by atoms with van der Waals surface area (Å²) in [5, 5.41) is 13.7. The highest BCUT2D eigenvalue weighted by Gasteiger charge is 2.36. The van der Waals surface area contributed by atoms with Crippen molar-refractivity contribution in [1.29, 1.82) is 0 Å². The molecule has 0 spiro atoms. The Balaban J connectivity index is 0.981. The first-order valence-corrected chi connectivity index (χ1v) is 23.5. The maximum Gasteiger partial charge on any atom is 0.152 e. The molecule has 0 radical (unpaired) electrons. The lowest BCUT2D eigenvalue weighted by atomic mass is 9.83. The monoisotopic (exact) mass is 847 g/mol. The second kappa shape index (κ2) is 14.8. The van der Waals surface area contributed by atoms with Crippen molar-refractivity contribution >= 4 is 83.3 Å². The van der Waals surface area contributed by atoms with Crippen molar-refractivity contribution in [2.75, 3.05) is 0 Å². The quantitative estimate of drug-likeness (QED) is 0.172. The second-order valence-corrected chi connectivity index (χ2v) is 18.3. The van der Waals surface area contributed by atoms with E-state index in [1.807, 2.05) is 0 Å². The van der Waals surface area contributed by atoms with Crippen LogP contribution in [0.5, 0.6) is 0 Å². The molecule has 7 aromatic carbocycles. The molecule has 0 saturated heterocycles. The molecule has 0 saturated carbocycles. The average Bonchev–Trinajstić information content (AvgIpc) is 3.88. The van der Waals surface area contributed by atoms with Gasteiger partial charge in [-0.25, -0.2) is 9.98 Å². The Morgan fingerprint density at radius 1 is 0.591 bits per heavy atom. The van der Waals surface area contributed by atoms with Crippen LogP contribution in [0.3, 0.4) is 0 Å². The van der Waals surface area contributed by atoms with Crippen LogP contribution < -0.4 is 5.32 Å². The van der Waals surface area contributed by atoms with E-state index in [-0.39, 0.29) is 12.1 Å². The lowest BCUT2D eigenvalue weighted by Gasteiger charge is -2.32. The van der Waals surface area contributed by atoms with Gasteiger partial charge in [0, 0.05) is 61.9 Å². The third-order valence-corrected chi connectivity index (χ3v) is 14.7. The first kappa shape index (κ1) is 37.4. The van der Waals surface area contributed by atoms with Gasteiger partial charge in [-0.3, -0.25) is 0 Å². The van der Waals surface area contributed by atoms with Crippen LogP contribution in [0.1, 0.15) is 46.5 Å².